The summed E-state index contributed by atoms with van der Waals surface area (Å²) < 4.78 is 6.34. The molecule has 0 amide bonds. The van der Waals surface area contributed by atoms with E-state index in [1.807, 2.05) is 24.3 Å². The number of aromatic nitrogens is 2. The Morgan fingerprint density at radius 2 is 1.95 bits per heavy atom. The molecule has 0 aliphatic heterocycles. The van der Waals surface area contributed by atoms with Gasteiger partial charge in [0.15, 0.2) is 0 Å². The van der Waals surface area contributed by atoms with Gasteiger partial charge in [0.25, 0.3) is 0 Å². The lowest BCUT2D eigenvalue weighted by atomic mass is 9.84. The molecule has 2 unspecified atom stereocenters. The molecular formula is C15H17BrN2O2. The molecule has 1 aliphatic carbocycles. The molecule has 2 aromatic rings. The maximum absolute atomic E-state index is 9.99. The molecule has 1 N–H and O–H groups in total. The topological polar surface area (TPSA) is 59.2 Å². The van der Waals surface area contributed by atoms with Crippen LogP contribution in [0.3, 0.4) is 0 Å². The van der Waals surface area contributed by atoms with Gasteiger partial charge in [-0.05, 0) is 43.0 Å². The molecule has 1 saturated carbocycles. The van der Waals surface area contributed by atoms with Gasteiger partial charge in [-0.2, -0.15) is 4.98 Å². The second-order valence-corrected chi connectivity index (χ2v) is 6.25. The summed E-state index contributed by atoms with van der Waals surface area (Å²) in [5, 5.41) is 14.0. The van der Waals surface area contributed by atoms with Gasteiger partial charge in [0.1, 0.15) is 0 Å². The fourth-order valence-corrected chi connectivity index (χ4v) is 2.97. The third-order valence-electron chi connectivity index (χ3n) is 3.88. The zero-order valence-electron chi connectivity index (χ0n) is 11.1. The van der Waals surface area contributed by atoms with Crippen LogP contribution in [0.1, 0.15) is 31.6 Å². The lowest BCUT2D eigenvalue weighted by Crippen LogP contribution is -2.26. The molecule has 106 valence electrons. The average Bonchev–Trinajstić information content (AvgIpc) is 2.91. The SMILES string of the molecule is OC1CCCCC1Cc1nc(-c2ccc(Br)cc2)no1. The van der Waals surface area contributed by atoms with Crippen LogP contribution >= 0.6 is 15.9 Å². The fraction of sp³-hybridized carbons (Fsp3) is 0.467. The molecule has 1 heterocycles. The Bertz CT molecular complexity index is 568. The molecule has 1 aromatic carbocycles. The normalized spacial score (nSPS) is 22.9. The van der Waals surface area contributed by atoms with Crippen molar-refractivity contribution in [2.45, 2.75) is 38.2 Å². The standard InChI is InChI=1S/C15H17BrN2O2/c16-12-7-5-10(6-8-12)15-17-14(20-18-15)9-11-3-1-2-4-13(11)19/h5-8,11,13,19H,1-4,9H2. The summed E-state index contributed by atoms with van der Waals surface area (Å²) in [5.74, 6) is 1.48. The first kappa shape index (κ1) is 13.8. The van der Waals surface area contributed by atoms with Crippen molar-refractivity contribution in [3.63, 3.8) is 0 Å². The number of halogens is 1. The van der Waals surface area contributed by atoms with Crippen LogP contribution in [0.4, 0.5) is 0 Å². The van der Waals surface area contributed by atoms with Crippen molar-refractivity contribution in [3.05, 3.63) is 34.6 Å². The molecule has 4 nitrogen and oxygen atoms in total. The van der Waals surface area contributed by atoms with Crippen molar-refractivity contribution in [1.29, 1.82) is 0 Å². The molecule has 0 saturated heterocycles. The van der Waals surface area contributed by atoms with Gasteiger partial charge in [-0.1, -0.05) is 33.9 Å². The molecule has 1 fully saturated rings. The Kier molecular flexibility index (Phi) is 4.17. The van der Waals surface area contributed by atoms with Crippen molar-refractivity contribution >= 4 is 15.9 Å². The van der Waals surface area contributed by atoms with E-state index in [1.54, 1.807) is 0 Å². The second-order valence-electron chi connectivity index (χ2n) is 5.33. The first-order valence-electron chi connectivity index (χ1n) is 6.99. The molecule has 5 heteroatoms. The van der Waals surface area contributed by atoms with Gasteiger partial charge in [-0.25, -0.2) is 0 Å². The summed E-state index contributed by atoms with van der Waals surface area (Å²) in [7, 11) is 0. The number of benzene rings is 1. The third-order valence-corrected chi connectivity index (χ3v) is 4.40. The summed E-state index contributed by atoms with van der Waals surface area (Å²) in [6.45, 7) is 0. The molecule has 2 atom stereocenters. The average molecular weight is 337 g/mol. The monoisotopic (exact) mass is 336 g/mol. The van der Waals surface area contributed by atoms with E-state index in [0.29, 0.717) is 18.1 Å². The Hall–Kier alpha value is -1.20. The number of hydrogen-bond donors (Lipinski definition) is 1. The van der Waals surface area contributed by atoms with E-state index in [-0.39, 0.29) is 12.0 Å². The van der Waals surface area contributed by atoms with Crippen molar-refractivity contribution in [2.75, 3.05) is 0 Å². The van der Waals surface area contributed by atoms with Gasteiger partial charge in [0.2, 0.25) is 11.7 Å². The minimum absolute atomic E-state index is 0.230. The highest BCUT2D eigenvalue weighted by molar-refractivity contribution is 9.10. The van der Waals surface area contributed by atoms with E-state index in [4.69, 9.17) is 4.52 Å². The Balaban J connectivity index is 1.71. The highest BCUT2D eigenvalue weighted by Crippen LogP contribution is 2.27. The van der Waals surface area contributed by atoms with E-state index in [0.717, 1.165) is 29.3 Å². The van der Waals surface area contributed by atoms with Gasteiger partial charge in [0.05, 0.1) is 6.10 Å². The maximum Gasteiger partial charge on any atom is 0.227 e. The summed E-state index contributed by atoms with van der Waals surface area (Å²) in [4.78, 5) is 4.43. The largest absolute Gasteiger partial charge is 0.393 e. The molecule has 20 heavy (non-hydrogen) atoms. The highest BCUT2D eigenvalue weighted by atomic mass is 79.9. The van der Waals surface area contributed by atoms with Crippen LogP contribution in [-0.2, 0) is 6.42 Å². The molecule has 3 rings (SSSR count). The number of aliphatic hydroxyl groups is 1. The number of nitrogens with zero attached hydrogens (tertiary/aromatic N) is 2. The van der Waals surface area contributed by atoms with Crippen LogP contribution in [-0.4, -0.2) is 21.4 Å². The Labute approximate surface area is 126 Å². The van der Waals surface area contributed by atoms with E-state index in [1.165, 1.54) is 6.42 Å². The van der Waals surface area contributed by atoms with Gasteiger partial charge in [-0.3, -0.25) is 0 Å². The molecule has 1 aliphatic rings. The Morgan fingerprint density at radius 1 is 1.20 bits per heavy atom. The summed E-state index contributed by atoms with van der Waals surface area (Å²) in [6.07, 6.45) is 4.66. The van der Waals surface area contributed by atoms with Gasteiger partial charge >= 0.3 is 0 Å². The third kappa shape index (κ3) is 3.10. The lowest BCUT2D eigenvalue weighted by molar-refractivity contribution is 0.0657. The van der Waals surface area contributed by atoms with Gasteiger partial charge in [-0.15, -0.1) is 0 Å². The van der Waals surface area contributed by atoms with Gasteiger partial charge < -0.3 is 9.63 Å². The highest BCUT2D eigenvalue weighted by Gasteiger charge is 2.25. The second kappa shape index (κ2) is 6.06. The molecule has 1 aromatic heterocycles. The van der Waals surface area contributed by atoms with Crippen LogP contribution in [0.2, 0.25) is 0 Å². The van der Waals surface area contributed by atoms with Crippen molar-refractivity contribution in [2.24, 2.45) is 5.92 Å². The molecule has 0 radical (unpaired) electrons. The zero-order chi connectivity index (χ0) is 13.9. The molecule has 0 spiro atoms. The van der Waals surface area contributed by atoms with E-state index >= 15 is 0 Å². The zero-order valence-corrected chi connectivity index (χ0v) is 12.7. The summed E-state index contributed by atoms with van der Waals surface area (Å²) in [5.41, 5.74) is 0.937. The smallest absolute Gasteiger partial charge is 0.227 e. The van der Waals surface area contributed by atoms with Crippen LogP contribution in [0.5, 0.6) is 0 Å². The van der Waals surface area contributed by atoms with Crippen molar-refractivity contribution in [3.8, 4) is 11.4 Å². The minimum Gasteiger partial charge on any atom is -0.393 e. The van der Waals surface area contributed by atoms with Crippen molar-refractivity contribution in [1.82, 2.24) is 10.1 Å². The molecule has 0 bridgehead atoms. The quantitative estimate of drug-likeness (QED) is 0.930. The fourth-order valence-electron chi connectivity index (χ4n) is 2.70. The predicted molar refractivity (Wildman–Crippen MR) is 79.1 cm³/mol. The first-order valence-corrected chi connectivity index (χ1v) is 7.78. The van der Waals surface area contributed by atoms with E-state index in [9.17, 15) is 5.11 Å². The van der Waals surface area contributed by atoms with Crippen LogP contribution in [0, 0.1) is 5.92 Å². The van der Waals surface area contributed by atoms with Gasteiger partial charge in [0, 0.05) is 16.5 Å². The predicted octanol–water partition coefficient (Wildman–Crippen LogP) is 3.59. The van der Waals surface area contributed by atoms with E-state index < -0.39 is 0 Å². The lowest BCUT2D eigenvalue weighted by Gasteiger charge is -2.26. The first-order chi connectivity index (χ1) is 9.72. The van der Waals surface area contributed by atoms with Crippen LogP contribution in [0.25, 0.3) is 11.4 Å². The number of rotatable bonds is 3. The number of aliphatic hydroxyl groups excluding tert-OH is 1. The summed E-state index contributed by atoms with van der Waals surface area (Å²) in [6, 6.07) is 7.81. The van der Waals surface area contributed by atoms with Crippen molar-refractivity contribution < 1.29 is 9.63 Å². The van der Waals surface area contributed by atoms with Crippen LogP contribution < -0.4 is 0 Å². The van der Waals surface area contributed by atoms with E-state index in [2.05, 4.69) is 26.1 Å². The minimum atomic E-state index is -0.230. The number of hydrogen-bond acceptors (Lipinski definition) is 4. The molecular weight excluding hydrogens is 320 g/mol. The Morgan fingerprint density at radius 3 is 2.70 bits per heavy atom. The maximum atomic E-state index is 9.99. The summed E-state index contributed by atoms with van der Waals surface area (Å²) >= 11 is 3.40. The van der Waals surface area contributed by atoms with Crippen LogP contribution in [0.15, 0.2) is 33.3 Å².